The van der Waals surface area contributed by atoms with Crippen LogP contribution < -0.4 is 0 Å². The number of benzene rings is 1. The molecule has 4 nitrogen and oxygen atoms in total. The highest BCUT2D eigenvalue weighted by atomic mass is 19.1. The van der Waals surface area contributed by atoms with Gasteiger partial charge in [-0.1, -0.05) is 13.0 Å². The Kier molecular flexibility index (Phi) is 6.29. The van der Waals surface area contributed by atoms with Crippen LogP contribution in [0.15, 0.2) is 18.2 Å². The first-order valence-corrected chi connectivity index (χ1v) is 8.31. The number of aliphatic carboxylic acids is 1. The molecule has 0 radical (unpaired) electrons. The van der Waals surface area contributed by atoms with Gasteiger partial charge in [0.2, 0.25) is 5.91 Å². The minimum Gasteiger partial charge on any atom is -0.481 e. The largest absolute Gasteiger partial charge is 0.481 e. The third-order valence-electron chi connectivity index (χ3n) is 4.61. The quantitative estimate of drug-likeness (QED) is 0.862. The van der Waals surface area contributed by atoms with Crippen molar-refractivity contribution >= 4 is 11.9 Å². The Hall–Kier alpha value is -1.98. The summed E-state index contributed by atoms with van der Waals surface area (Å²) < 4.78 is 26.8. The van der Waals surface area contributed by atoms with Crippen LogP contribution in [0, 0.1) is 17.6 Å². The molecule has 2 unspecified atom stereocenters. The summed E-state index contributed by atoms with van der Waals surface area (Å²) in [4.78, 5) is 24.9. The number of likely N-dealkylation sites (tertiary alicyclic amines) is 1. The maximum absolute atomic E-state index is 13.8. The van der Waals surface area contributed by atoms with Gasteiger partial charge in [0, 0.05) is 32.0 Å². The highest BCUT2D eigenvalue weighted by molar-refractivity contribution is 5.77. The first-order valence-electron chi connectivity index (χ1n) is 8.31. The number of nitrogens with zero attached hydrogens (tertiary/aromatic N) is 1. The SMILES string of the molecule is CC(CC(=O)N1CCCC(CCC(=O)O)C1)c1ccc(F)cc1F. The van der Waals surface area contributed by atoms with Gasteiger partial charge in [0.25, 0.3) is 0 Å². The standard InChI is InChI=1S/C18H23F2NO3/c1-12(15-6-5-14(19)10-16(15)20)9-17(22)21-8-2-3-13(11-21)4-7-18(23)24/h5-6,10,12-13H,2-4,7-9,11H2,1H3,(H,23,24). The Morgan fingerprint density at radius 2 is 2.12 bits per heavy atom. The van der Waals surface area contributed by atoms with Gasteiger partial charge >= 0.3 is 5.97 Å². The minimum atomic E-state index is -0.821. The molecule has 1 amide bonds. The number of carboxylic acid groups (broad SMARTS) is 1. The van der Waals surface area contributed by atoms with E-state index in [0.29, 0.717) is 25.1 Å². The molecule has 0 aliphatic carbocycles. The van der Waals surface area contributed by atoms with E-state index in [9.17, 15) is 18.4 Å². The van der Waals surface area contributed by atoms with Crippen LogP contribution in [0.25, 0.3) is 0 Å². The Labute approximate surface area is 140 Å². The van der Waals surface area contributed by atoms with Gasteiger partial charge in [0.15, 0.2) is 0 Å². The second-order valence-corrected chi connectivity index (χ2v) is 6.55. The number of halogens is 2. The second-order valence-electron chi connectivity index (χ2n) is 6.55. The predicted octanol–water partition coefficient (Wildman–Crippen LogP) is 3.56. The van der Waals surface area contributed by atoms with E-state index in [1.165, 1.54) is 12.1 Å². The van der Waals surface area contributed by atoms with Crippen molar-refractivity contribution in [2.45, 2.75) is 44.9 Å². The van der Waals surface area contributed by atoms with Gasteiger partial charge in [-0.15, -0.1) is 0 Å². The van der Waals surface area contributed by atoms with E-state index in [0.717, 1.165) is 18.9 Å². The Bertz CT molecular complexity index is 606. The summed E-state index contributed by atoms with van der Waals surface area (Å²) in [6.07, 6.45) is 2.63. The van der Waals surface area contributed by atoms with E-state index in [-0.39, 0.29) is 30.6 Å². The molecule has 1 saturated heterocycles. The lowest BCUT2D eigenvalue weighted by atomic mass is 9.92. The number of carbonyl (C=O) groups is 2. The molecule has 0 spiro atoms. The molecule has 0 saturated carbocycles. The maximum Gasteiger partial charge on any atom is 0.303 e. The van der Waals surface area contributed by atoms with Crippen molar-refractivity contribution in [3.8, 4) is 0 Å². The fraction of sp³-hybridized carbons (Fsp3) is 0.556. The zero-order valence-corrected chi connectivity index (χ0v) is 13.8. The molecule has 0 aromatic heterocycles. The van der Waals surface area contributed by atoms with Crippen molar-refractivity contribution in [1.82, 2.24) is 4.90 Å². The fourth-order valence-corrected chi connectivity index (χ4v) is 3.26. The van der Waals surface area contributed by atoms with Crippen molar-refractivity contribution in [3.63, 3.8) is 0 Å². The smallest absolute Gasteiger partial charge is 0.303 e. The van der Waals surface area contributed by atoms with Crippen LogP contribution in [0.2, 0.25) is 0 Å². The predicted molar refractivity (Wildman–Crippen MR) is 85.6 cm³/mol. The lowest BCUT2D eigenvalue weighted by Gasteiger charge is -2.33. The minimum absolute atomic E-state index is 0.0637. The number of rotatable bonds is 6. The number of amides is 1. The van der Waals surface area contributed by atoms with Crippen molar-refractivity contribution < 1.29 is 23.5 Å². The van der Waals surface area contributed by atoms with E-state index in [1.807, 2.05) is 0 Å². The Balaban J connectivity index is 1.92. The summed E-state index contributed by atoms with van der Waals surface area (Å²) in [6, 6.07) is 3.41. The average Bonchev–Trinajstić information content (AvgIpc) is 2.53. The van der Waals surface area contributed by atoms with Crippen LogP contribution in [0.1, 0.15) is 50.5 Å². The molecule has 6 heteroatoms. The molecule has 1 heterocycles. The fourth-order valence-electron chi connectivity index (χ4n) is 3.26. The van der Waals surface area contributed by atoms with E-state index < -0.39 is 17.6 Å². The summed E-state index contributed by atoms with van der Waals surface area (Å²) in [7, 11) is 0. The lowest BCUT2D eigenvalue weighted by molar-refractivity contribution is -0.137. The summed E-state index contributed by atoms with van der Waals surface area (Å²) in [5.74, 6) is -2.28. The lowest BCUT2D eigenvalue weighted by Crippen LogP contribution is -2.40. The summed E-state index contributed by atoms with van der Waals surface area (Å²) in [5, 5.41) is 8.77. The van der Waals surface area contributed by atoms with Crippen LogP contribution in [-0.2, 0) is 9.59 Å². The number of hydrogen-bond donors (Lipinski definition) is 1. The van der Waals surface area contributed by atoms with Crippen molar-refractivity contribution in [2.24, 2.45) is 5.92 Å². The normalized spacial score (nSPS) is 19.1. The van der Waals surface area contributed by atoms with Gasteiger partial charge < -0.3 is 10.0 Å². The van der Waals surface area contributed by atoms with E-state index in [4.69, 9.17) is 5.11 Å². The van der Waals surface area contributed by atoms with E-state index >= 15 is 0 Å². The molecule has 0 bridgehead atoms. The first-order chi connectivity index (χ1) is 11.4. The summed E-state index contributed by atoms with van der Waals surface area (Å²) in [5.41, 5.74) is 0.337. The maximum atomic E-state index is 13.8. The summed E-state index contributed by atoms with van der Waals surface area (Å²) in [6.45, 7) is 2.96. The monoisotopic (exact) mass is 339 g/mol. The molecule has 1 aromatic carbocycles. The zero-order valence-electron chi connectivity index (χ0n) is 13.8. The van der Waals surface area contributed by atoms with Crippen LogP contribution in [0.4, 0.5) is 8.78 Å². The molecular weight excluding hydrogens is 316 g/mol. The zero-order chi connectivity index (χ0) is 17.7. The molecule has 1 fully saturated rings. The molecule has 132 valence electrons. The van der Waals surface area contributed by atoms with Crippen molar-refractivity contribution in [3.05, 3.63) is 35.4 Å². The van der Waals surface area contributed by atoms with Gasteiger partial charge in [-0.3, -0.25) is 9.59 Å². The molecule has 1 aliphatic heterocycles. The third-order valence-corrected chi connectivity index (χ3v) is 4.61. The Morgan fingerprint density at radius 3 is 2.79 bits per heavy atom. The molecule has 2 rings (SSSR count). The highest BCUT2D eigenvalue weighted by Gasteiger charge is 2.25. The molecule has 2 atom stereocenters. The number of hydrogen-bond acceptors (Lipinski definition) is 2. The number of carboxylic acids is 1. The van der Waals surface area contributed by atoms with Crippen LogP contribution >= 0.6 is 0 Å². The van der Waals surface area contributed by atoms with Gasteiger partial charge in [-0.05, 0) is 42.7 Å². The number of carbonyl (C=O) groups excluding carboxylic acids is 1. The summed E-state index contributed by atoms with van der Waals surface area (Å²) >= 11 is 0. The average molecular weight is 339 g/mol. The van der Waals surface area contributed by atoms with Crippen LogP contribution in [0.5, 0.6) is 0 Å². The van der Waals surface area contributed by atoms with Gasteiger partial charge in [-0.2, -0.15) is 0 Å². The van der Waals surface area contributed by atoms with E-state index in [1.54, 1.807) is 11.8 Å². The van der Waals surface area contributed by atoms with E-state index in [2.05, 4.69) is 0 Å². The second kappa shape index (κ2) is 8.22. The van der Waals surface area contributed by atoms with Crippen molar-refractivity contribution in [2.75, 3.05) is 13.1 Å². The number of piperidine rings is 1. The molecule has 24 heavy (non-hydrogen) atoms. The Morgan fingerprint density at radius 1 is 1.38 bits per heavy atom. The van der Waals surface area contributed by atoms with Crippen molar-refractivity contribution in [1.29, 1.82) is 0 Å². The van der Waals surface area contributed by atoms with Crippen LogP contribution in [0.3, 0.4) is 0 Å². The highest BCUT2D eigenvalue weighted by Crippen LogP contribution is 2.26. The van der Waals surface area contributed by atoms with Gasteiger partial charge in [0.05, 0.1) is 0 Å². The molecule has 1 aliphatic rings. The van der Waals surface area contributed by atoms with Gasteiger partial charge in [0.1, 0.15) is 11.6 Å². The van der Waals surface area contributed by atoms with Crippen LogP contribution in [-0.4, -0.2) is 35.0 Å². The molecular formula is C18H23F2NO3. The first kappa shape index (κ1) is 18.4. The third kappa shape index (κ3) is 5.01. The topological polar surface area (TPSA) is 57.6 Å². The van der Waals surface area contributed by atoms with Gasteiger partial charge in [-0.25, -0.2) is 8.78 Å². The molecule has 1 aromatic rings. The molecule has 1 N–H and O–H groups in total.